The molecule has 7 rings (SSSR count). The van der Waals surface area contributed by atoms with Crippen molar-refractivity contribution in [2.45, 2.75) is 210 Å². The molecular formula is C39H66O12. The predicted molar refractivity (Wildman–Crippen MR) is 184 cm³/mol. The summed E-state index contributed by atoms with van der Waals surface area (Å²) in [6, 6.07) is 0. The van der Waals surface area contributed by atoms with Gasteiger partial charge in [0.1, 0.15) is 18.3 Å². The van der Waals surface area contributed by atoms with E-state index in [1.165, 1.54) is 0 Å². The molecule has 6 N–H and O–H groups in total. The second-order valence-corrected chi connectivity index (χ2v) is 18.2. The molecule has 0 aromatic rings. The summed E-state index contributed by atoms with van der Waals surface area (Å²) in [4.78, 5) is 0. The maximum atomic E-state index is 12.3. The average Bonchev–Trinajstić information content (AvgIpc) is 3.34. The van der Waals surface area contributed by atoms with Gasteiger partial charge in [-0.25, -0.2) is 0 Å². The third-order valence-electron chi connectivity index (χ3n) is 15.4. The van der Waals surface area contributed by atoms with Crippen molar-refractivity contribution in [3.05, 3.63) is 0 Å². The number of aliphatic hydroxyl groups excluding tert-OH is 5. The first-order chi connectivity index (χ1) is 24.0. The van der Waals surface area contributed by atoms with E-state index in [-0.39, 0.29) is 48.0 Å². The smallest absolute Gasteiger partial charge is 0.161 e. The standard InChI is InChI=1S/C39H66O12/c1-19(40)25-11-14-39(45)27-8-7-23-15-24(9-12-37(23,5)26(27)10-13-38(25,39)6)49-31-17-29(42)35(21(3)47-31)51-33-18-30(43)36(22(4)48-33)50-32-16-28(41)34(44)20(2)46-32/h19-36,40-45H,7-18H2,1-6H3/t19?,20-,21-,22-,23-,24+,25-,26+,27-,28+,29+,30+,31+,32+,33+,34-,35-,36-,37+,38-,39+/m1/s1. The topological polar surface area (TPSA) is 177 Å². The molecular weight excluding hydrogens is 660 g/mol. The summed E-state index contributed by atoms with van der Waals surface area (Å²) in [5, 5.41) is 65.2. The maximum Gasteiger partial charge on any atom is 0.161 e. The van der Waals surface area contributed by atoms with Crippen molar-refractivity contribution >= 4 is 0 Å². The molecule has 21 atom stereocenters. The largest absolute Gasteiger partial charge is 0.393 e. The normalized spacial score (nSPS) is 56.8. The fourth-order valence-corrected chi connectivity index (χ4v) is 12.4. The Kier molecular flexibility index (Phi) is 11.1. The Balaban J connectivity index is 0.896. The lowest BCUT2D eigenvalue weighted by atomic mass is 9.43. The van der Waals surface area contributed by atoms with E-state index < -0.39 is 85.5 Å². The molecule has 7 aliphatic rings. The number of rotatable bonds is 7. The van der Waals surface area contributed by atoms with Gasteiger partial charge in [0.2, 0.25) is 0 Å². The second-order valence-electron chi connectivity index (χ2n) is 18.2. The molecule has 0 radical (unpaired) electrons. The van der Waals surface area contributed by atoms with E-state index in [1.807, 2.05) is 13.8 Å². The number of hydrogen-bond donors (Lipinski definition) is 6. The Morgan fingerprint density at radius 2 is 1.20 bits per heavy atom. The maximum absolute atomic E-state index is 12.3. The number of hydrogen-bond acceptors (Lipinski definition) is 12. The molecule has 12 heteroatoms. The minimum atomic E-state index is -0.991. The summed E-state index contributed by atoms with van der Waals surface area (Å²) in [6.45, 7) is 11.9. The molecule has 294 valence electrons. The van der Waals surface area contributed by atoms with Crippen molar-refractivity contribution in [1.82, 2.24) is 0 Å². The molecule has 12 nitrogen and oxygen atoms in total. The van der Waals surface area contributed by atoms with E-state index in [0.29, 0.717) is 11.8 Å². The molecule has 0 amide bonds. The fourth-order valence-electron chi connectivity index (χ4n) is 12.4. The van der Waals surface area contributed by atoms with Crippen LogP contribution in [0.4, 0.5) is 0 Å². The van der Waals surface area contributed by atoms with Crippen molar-refractivity contribution in [3.63, 3.8) is 0 Å². The summed E-state index contributed by atoms with van der Waals surface area (Å²) in [5.41, 5.74) is -0.771. The number of ether oxygens (including phenoxy) is 6. The highest BCUT2D eigenvalue weighted by molar-refractivity contribution is 5.17. The molecule has 3 aliphatic heterocycles. The molecule has 0 aromatic heterocycles. The van der Waals surface area contributed by atoms with Gasteiger partial charge in [-0.2, -0.15) is 0 Å². The fraction of sp³-hybridized carbons (Fsp3) is 1.00. The van der Waals surface area contributed by atoms with Gasteiger partial charge in [0.05, 0.1) is 54.4 Å². The van der Waals surface area contributed by atoms with Crippen LogP contribution < -0.4 is 0 Å². The lowest BCUT2D eigenvalue weighted by molar-refractivity contribution is -0.336. The van der Waals surface area contributed by atoms with E-state index in [1.54, 1.807) is 13.8 Å². The molecule has 1 unspecified atom stereocenters. The molecule has 0 bridgehead atoms. The van der Waals surface area contributed by atoms with Gasteiger partial charge in [-0.05, 0) is 115 Å². The molecule has 7 fully saturated rings. The van der Waals surface area contributed by atoms with Gasteiger partial charge in [-0.3, -0.25) is 0 Å². The van der Waals surface area contributed by atoms with Crippen LogP contribution in [0.2, 0.25) is 0 Å². The van der Waals surface area contributed by atoms with E-state index in [0.717, 1.165) is 57.8 Å². The van der Waals surface area contributed by atoms with E-state index in [2.05, 4.69) is 13.8 Å². The lowest BCUT2D eigenvalue weighted by Crippen LogP contribution is -2.63. The zero-order chi connectivity index (χ0) is 36.6. The van der Waals surface area contributed by atoms with Crippen LogP contribution >= 0.6 is 0 Å². The number of aliphatic hydroxyl groups is 6. The van der Waals surface area contributed by atoms with Gasteiger partial charge in [-0.15, -0.1) is 0 Å². The first-order valence-corrected chi connectivity index (χ1v) is 20.1. The molecule has 0 aromatic carbocycles. The van der Waals surface area contributed by atoms with E-state index >= 15 is 0 Å². The minimum Gasteiger partial charge on any atom is -0.393 e. The highest BCUT2D eigenvalue weighted by Crippen LogP contribution is 2.69. The summed E-state index contributed by atoms with van der Waals surface area (Å²) in [5.74, 6) is 1.43. The Labute approximate surface area is 303 Å². The Morgan fingerprint density at radius 1 is 0.627 bits per heavy atom. The third kappa shape index (κ3) is 6.88. The van der Waals surface area contributed by atoms with Crippen LogP contribution in [0.25, 0.3) is 0 Å². The Hall–Kier alpha value is -0.480. The first kappa shape index (κ1) is 38.8. The van der Waals surface area contributed by atoms with Crippen LogP contribution in [0.1, 0.15) is 119 Å². The number of fused-ring (bicyclic) bond motifs is 5. The Bertz CT molecular complexity index is 1170. The van der Waals surface area contributed by atoms with Crippen LogP contribution in [-0.4, -0.2) is 122 Å². The van der Waals surface area contributed by atoms with E-state index in [4.69, 9.17) is 28.4 Å². The highest BCUT2D eigenvalue weighted by Gasteiger charge is 2.67. The van der Waals surface area contributed by atoms with Gasteiger partial charge in [-0.1, -0.05) is 13.8 Å². The predicted octanol–water partition coefficient (Wildman–Crippen LogP) is 3.14. The lowest BCUT2D eigenvalue weighted by Gasteiger charge is -2.64. The van der Waals surface area contributed by atoms with Gasteiger partial charge >= 0.3 is 0 Å². The van der Waals surface area contributed by atoms with Gasteiger partial charge in [0, 0.05) is 24.7 Å². The van der Waals surface area contributed by atoms with Crippen molar-refractivity contribution in [2.24, 2.45) is 34.5 Å². The van der Waals surface area contributed by atoms with Gasteiger partial charge < -0.3 is 59.1 Å². The SMILES string of the molecule is CC(O)[C@H]1CC[C@]2(O)[C@@H]3CC[C@@H]4C[C@@H](O[C@H]5C[C@H](O)[C@H](O[C@H]6C[C@H](O)[C@H](O[C@H]7C[C@H](O)[C@H](O)[C@@H](C)O7)[C@@H](C)O6)[C@@H](C)O5)CC[C@]4(C)[C@H]3CC[C@]12C. The summed E-state index contributed by atoms with van der Waals surface area (Å²) < 4.78 is 36.8. The molecule has 3 heterocycles. The van der Waals surface area contributed by atoms with Crippen LogP contribution in [-0.2, 0) is 28.4 Å². The van der Waals surface area contributed by atoms with Crippen molar-refractivity contribution in [3.8, 4) is 0 Å². The zero-order valence-corrected chi connectivity index (χ0v) is 31.5. The van der Waals surface area contributed by atoms with Crippen LogP contribution in [0, 0.1) is 34.5 Å². The molecule has 51 heavy (non-hydrogen) atoms. The van der Waals surface area contributed by atoms with Crippen molar-refractivity contribution in [2.75, 3.05) is 0 Å². The summed E-state index contributed by atoms with van der Waals surface area (Å²) in [6.07, 6.45) is 0.0926. The Morgan fingerprint density at radius 3 is 1.76 bits per heavy atom. The summed E-state index contributed by atoms with van der Waals surface area (Å²) in [7, 11) is 0. The average molecular weight is 727 g/mol. The molecule has 4 saturated carbocycles. The minimum absolute atomic E-state index is 0.0413. The van der Waals surface area contributed by atoms with E-state index in [9.17, 15) is 30.6 Å². The summed E-state index contributed by atoms with van der Waals surface area (Å²) >= 11 is 0. The van der Waals surface area contributed by atoms with Gasteiger partial charge in [0.15, 0.2) is 18.9 Å². The quantitative estimate of drug-likeness (QED) is 0.212. The van der Waals surface area contributed by atoms with Crippen LogP contribution in [0.15, 0.2) is 0 Å². The third-order valence-corrected chi connectivity index (χ3v) is 15.4. The highest BCUT2D eigenvalue weighted by atomic mass is 16.7. The van der Waals surface area contributed by atoms with Crippen LogP contribution in [0.3, 0.4) is 0 Å². The van der Waals surface area contributed by atoms with Gasteiger partial charge in [0.25, 0.3) is 0 Å². The first-order valence-electron chi connectivity index (χ1n) is 20.1. The zero-order valence-electron chi connectivity index (χ0n) is 31.5. The second kappa shape index (κ2) is 14.5. The molecule has 0 spiro atoms. The van der Waals surface area contributed by atoms with Crippen molar-refractivity contribution in [1.29, 1.82) is 0 Å². The molecule has 4 aliphatic carbocycles. The monoisotopic (exact) mass is 726 g/mol. The van der Waals surface area contributed by atoms with Crippen LogP contribution in [0.5, 0.6) is 0 Å². The molecule has 3 saturated heterocycles. The van der Waals surface area contributed by atoms with Crippen molar-refractivity contribution < 1.29 is 59.1 Å².